The van der Waals surface area contributed by atoms with Crippen LogP contribution >= 0.6 is 11.6 Å². The van der Waals surface area contributed by atoms with Crippen molar-refractivity contribution in [2.45, 2.75) is 25.5 Å². The third kappa shape index (κ3) is 3.71. The first kappa shape index (κ1) is 13.4. The van der Waals surface area contributed by atoms with Gasteiger partial charge in [0.25, 0.3) is 0 Å². The summed E-state index contributed by atoms with van der Waals surface area (Å²) in [7, 11) is 0. The molecule has 0 aromatic heterocycles. The molecule has 0 radical (unpaired) electrons. The zero-order valence-electron chi connectivity index (χ0n) is 9.76. The van der Waals surface area contributed by atoms with Gasteiger partial charge in [0.2, 0.25) is 0 Å². The molecule has 0 saturated carbocycles. The molecule has 18 heavy (non-hydrogen) atoms. The minimum atomic E-state index is -2.86. The van der Waals surface area contributed by atoms with E-state index in [9.17, 15) is 8.78 Å². The van der Waals surface area contributed by atoms with Crippen LogP contribution < -0.4 is 15.4 Å². The normalized spacial score (nSPS) is 19.2. The van der Waals surface area contributed by atoms with Crippen LogP contribution in [0.25, 0.3) is 0 Å². The fourth-order valence-corrected chi connectivity index (χ4v) is 2.20. The van der Waals surface area contributed by atoms with E-state index in [1.165, 1.54) is 12.5 Å². The minimum absolute atomic E-state index is 0.00351. The van der Waals surface area contributed by atoms with Gasteiger partial charge in [-0.1, -0.05) is 11.6 Å². The molecule has 1 atom stereocenters. The van der Waals surface area contributed by atoms with Gasteiger partial charge in [-0.3, -0.25) is 0 Å². The Morgan fingerprint density at radius 2 is 2.33 bits per heavy atom. The van der Waals surface area contributed by atoms with Crippen molar-refractivity contribution in [2.24, 2.45) is 0 Å². The summed E-state index contributed by atoms with van der Waals surface area (Å²) in [6, 6.07) is 5.17. The number of hydrogen-bond acceptors (Lipinski definition) is 3. The Balaban J connectivity index is 1.91. The highest BCUT2D eigenvalue weighted by molar-refractivity contribution is 6.32. The number of rotatable bonds is 5. The van der Waals surface area contributed by atoms with Crippen LogP contribution in [-0.4, -0.2) is 25.7 Å². The number of alkyl halides is 2. The summed E-state index contributed by atoms with van der Waals surface area (Å²) in [6.45, 7) is -1.01. The molecular weight excluding hydrogens is 262 g/mol. The third-order valence-corrected chi connectivity index (χ3v) is 3.16. The standard InChI is InChI=1S/C12H15ClF2N2O/c13-10-6-8(3-4-11(10)18-12(14)15)17-7-9-2-1-5-16-9/h3-4,6,9,12,16-17H,1-2,5,7H2. The molecule has 0 amide bonds. The minimum Gasteiger partial charge on any atom is -0.433 e. The monoisotopic (exact) mass is 276 g/mol. The van der Waals surface area contributed by atoms with E-state index in [4.69, 9.17) is 11.6 Å². The molecule has 1 aromatic carbocycles. The van der Waals surface area contributed by atoms with Gasteiger partial charge in [-0.25, -0.2) is 0 Å². The average Bonchev–Trinajstić information content (AvgIpc) is 2.82. The molecule has 1 aliphatic rings. The van der Waals surface area contributed by atoms with E-state index >= 15 is 0 Å². The van der Waals surface area contributed by atoms with Crippen molar-refractivity contribution in [3.63, 3.8) is 0 Å². The van der Waals surface area contributed by atoms with E-state index < -0.39 is 6.61 Å². The average molecular weight is 277 g/mol. The van der Waals surface area contributed by atoms with Gasteiger partial charge in [-0.2, -0.15) is 8.78 Å². The van der Waals surface area contributed by atoms with E-state index in [1.54, 1.807) is 12.1 Å². The highest BCUT2D eigenvalue weighted by Gasteiger charge is 2.14. The SMILES string of the molecule is FC(F)Oc1ccc(NCC2CCCN2)cc1Cl. The van der Waals surface area contributed by atoms with E-state index in [0.29, 0.717) is 6.04 Å². The van der Waals surface area contributed by atoms with Gasteiger partial charge in [0, 0.05) is 18.3 Å². The third-order valence-electron chi connectivity index (χ3n) is 2.86. The summed E-state index contributed by atoms with van der Waals surface area (Å²) in [5, 5.41) is 6.76. The Kier molecular flexibility index (Phi) is 4.60. The first-order chi connectivity index (χ1) is 8.65. The van der Waals surface area contributed by atoms with Gasteiger partial charge in [0.05, 0.1) is 5.02 Å². The molecule has 2 N–H and O–H groups in total. The number of anilines is 1. The quantitative estimate of drug-likeness (QED) is 0.867. The van der Waals surface area contributed by atoms with Gasteiger partial charge in [0.15, 0.2) is 0 Å². The predicted octanol–water partition coefficient (Wildman–Crippen LogP) is 3.11. The van der Waals surface area contributed by atoms with Gasteiger partial charge < -0.3 is 15.4 Å². The van der Waals surface area contributed by atoms with Gasteiger partial charge in [-0.15, -0.1) is 0 Å². The fourth-order valence-electron chi connectivity index (χ4n) is 1.97. The predicted molar refractivity (Wildman–Crippen MR) is 67.6 cm³/mol. The van der Waals surface area contributed by atoms with E-state index in [2.05, 4.69) is 15.4 Å². The Morgan fingerprint density at radius 3 is 2.94 bits per heavy atom. The molecule has 6 heteroatoms. The van der Waals surface area contributed by atoms with Crippen LogP contribution in [0.4, 0.5) is 14.5 Å². The molecule has 1 unspecified atom stereocenters. The maximum Gasteiger partial charge on any atom is 0.387 e. The molecule has 1 saturated heterocycles. The Labute approximate surface area is 109 Å². The lowest BCUT2D eigenvalue weighted by Gasteiger charge is -2.14. The van der Waals surface area contributed by atoms with Crippen molar-refractivity contribution in [3.05, 3.63) is 23.2 Å². The highest BCUT2D eigenvalue weighted by Crippen LogP contribution is 2.28. The van der Waals surface area contributed by atoms with Crippen molar-refractivity contribution in [1.82, 2.24) is 5.32 Å². The molecule has 0 bridgehead atoms. The van der Waals surface area contributed by atoms with Crippen molar-refractivity contribution in [2.75, 3.05) is 18.4 Å². The van der Waals surface area contributed by atoms with Gasteiger partial charge >= 0.3 is 6.61 Å². The summed E-state index contributed by atoms with van der Waals surface area (Å²) in [5.41, 5.74) is 0.801. The zero-order chi connectivity index (χ0) is 13.0. The zero-order valence-corrected chi connectivity index (χ0v) is 10.5. The largest absolute Gasteiger partial charge is 0.433 e. The van der Waals surface area contributed by atoms with E-state index in [-0.39, 0.29) is 10.8 Å². The fraction of sp³-hybridized carbons (Fsp3) is 0.500. The number of hydrogen-bond donors (Lipinski definition) is 2. The summed E-state index contributed by atoms with van der Waals surface area (Å²) in [5.74, 6) is -0.00351. The molecule has 100 valence electrons. The number of nitrogens with one attached hydrogen (secondary N) is 2. The maximum atomic E-state index is 12.0. The lowest BCUT2D eigenvalue weighted by Crippen LogP contribution is -2.29. The second kappa shape index (κ2) is 6.20. The first-order valence-electron chi connectivity index (χ1n) is 5.87. The molecule has 1 aliphatic heterocycles. The van der Waals surface area contributed by atoms with Crippen LogP contribution in [0.2, 0.25) is 5.02 Å². The first-order valence-corrected chi connectivity index (χ1v) is 6.24. The van der Waals surface area contributed by atoms with Crippen molar-refractivity contribution in [1.29, 1.82) is 0 Å². The van der Waals surface area contributed by atoms with Crippen LogP contribution in [-0.2, 0) is 0 Å². The lowest BCUT2D eigenvalue weighted by molar-refractivity contribution is -0.0497. The lowest BCUT2D eigenvalue weighted by atomic mass is 10.2. The molecule has 1 heterocycles. The van der Waals surface area contributed by atoms with E-state index in [1.807, 2.05) is 0 Å². The Morgan fingerprint density at radius 1 is 1.50 bits per heavy atom. The second-order valence-electron chi connectivity index (χ2n) is 4.20. The summed E-state index contributed by atoms with van der Waals surface area (Å²) in [4.78, 5) is 0. The summed E-state index contributed by atoms with van der Waals surface area (Å²) < 4.78 is 28.4. The Hall–Kier alpha value is -1.07. The summed E-state index contributed by atoms with van der Waals surface area (Å²) >= 11 is 5.85. The Bertz CT molecular complexity index is 398. The molecule has 2 rings (SSSR count). The van der Waals surface area contributed by atoms with Gasteiger partial charge in [-0.05, 0) is 37.6 Å². The van der Waals surface area contributed by atoms with Crippen LogP contribution in [0.15, 0.2) is 18.2 Å². The summed E-state index contributed by atoms with van der Waals surface area (Å²) in [6.07, 6.45) is 2.33. The van der Waals surface area contributed by atoms with Crippen LogP contribution in [0.5, 0.6) is 5.75 Å². The van der Waals surface area contributed by atoms with Crippen molar-refractivity contribution < 1.29 is 13.5 Å². The molecular formula is C12H15ClF2N2O. The molecule has 0 aliphatic carbocycles. The van der Waals surface area contributed by atoms with Crippen LogP contribution in [0, 0.1) is 0 Å². The number of benzene rings is 1. The second-order valence-corrected chi connectivity index (χ2v) is 4.61. The molecule has 1 fully saturated rings. The molecule has 1 aromatic rings. The van der Waals surface area contributed by atoms with E-state index in [0.717, 1.165) is 25.2 Å². The molecule has 0 spiro atoms. The topological polar surface area (TPSA) is 33.3 Å². The van der Waals surface area contributed by atoms with Crippen molar-refractivity contribution >= 4 is 17.3 Å². The van der Waals surface area contributed by atoms with Crippen LogP contribution in [0.1, 0.15) is 12.8 Å². The number of halogens is 3. The smallest absolute Gasteiger partial charge is 0.387 e. The van der Waals surface area contributed by atoms with Crippen LogP contribution in [0.3, 0.4) is 0 Å². The van der Waals surface area contributed by atoms with Gasteiger partial charge in [0.1, 0.15) is 5.75 Å². The number of ether oxygens (including phenoxy) is 1. The molecule has 3 nitrogen and oxygen atoms in total. The van der Waals surface area contributed by atoms with Crippen molar-refractivity contribution in [3.8, 4) is 5.75 Å². The maximum absolute atomic E-state index is 12.0. The highest BCUT2D eigenvalue weighted by atomic mass is 35.5.